The number of nitrogens with zero attached hydrogens (tertiary/aromatic N) is 5. The third-order valence-corrected chi connectivity index (χ3v) is 7.60. The first-order valence-electron chi connectivity index (χ1n) is 13.3. The average Bonchev–Trinajstić information content (AvgIpc) is 3.23. The fraction of sp³-hybridized carbons (Fsp3) is 0.323. The molecule has 6 rings (SSSR count). The van der Waals surface area contributed by atoms with E-state index in [2.05, 4.69) is 71.3 Å². The average molecular weight is 505 g/mol. The van der Waals surface area contributed by atoms with E-state index in [0.29, 0.717) is 30.7 Å². The number of aryl methyl sites for hydroxylation is 1. The van der Waals surface area contributed by atoms with Gasteiger partial charge in [-0.2, -0.15) is 5.10 Å². The van der Waals surface area contributed by atoms with E-state index in [0.717, 1.165) is 48.6 Å². The van der Waals surface area contributed by atoms with Crippen LogP contribution in [0, 0.1) is 18.8 Å². The topological polar surface area (TPSA) is 82.0 Å². The van der Waals surface area contributed by atoms with Gasteiger partial charge in [0.1, 0.15) is 11.0 Å². The lowest BCUT2D eigenvalue weighted by atomic mass is 9.98. The van der Waals surface area contributed by atoms with Crippen molar-refractivity contribution in [1.29, 1.82) is 0 Å². The van der Waals surface area contributed by atoms with Crippen LogP contribution in [-0.2, 0) is 19.5 Å². The number of imidazole rings is 1. The molecule has 0 radical (unpaired) electrons. The third kappa shape index (κ3) is 4.31. The van der Waals surface area contributed by atoms with E-state index in [1.807, 2.05) is 18.4 Å². The Bertz CT molecular complexity index is 1680. The van der Waals surface area contributed by atoms with Crippen LogP contribution in [0.2, 0.25) is 0 Å². The van der Waals surface area contributed by atoms with Gasteiger partial charge >= 0.3 is 0 Å². The highest BCUT2D eigenvalue weighted by atomic mass is 16.1. The Kier molecular flexibility index (Phi) is 6.34. The van der Waals surface area contributed by atoms with Crippen molar-refractivity contribution < 1.29 is 0 Å². The van der Waals surface area contributed by atoms with Crippen molar-refractivity contribution in [3.63, 3.8) is 0 Å². The fourth-order valence-corrected chi connectivity index (χ4v) is 5.74. The summed E-state index contributed by atoms with van der Waals surface area (Å²) in [4.78, 5) is 21.2. The molecule has 1 saturated heterocycles. The van der Waals surface area contributed by atoms with Gasteiger partial charge in [-0.15, -0.1) is 5.92 Å². The predicted molar refractivity (Wildman–Crippen MR) is 153 cm³/mol. The molecule has 2 aliphatic rings. The summed E-state index contributed by atoms with van der Waals surface area (Å²) in [5.74, 6) is 6.88. The number of allylic oxidation sites excluding steroid dienone is 1. The van der Waals surface area contributed by atoms with Crippen LogP contribution in [0.25, 0.3) is 22.7 Å². The lowest BCUT2D eigenvalue weighted by molar-refractivity contribution is 0.496. The molecule has 2 N–H and O–H groups in total. The van der Waals surface area contributed by atoms with Crippen LogP contribution in [0.5, 0.6) is 0 Å². The third-order valence-electron chi connectivity index (χ3n) is 7.60. The number of benzene rings is 2. The second kappa shape index (κ2) is 9.96. The first kappa shape index (κ1) is 24.2. The Balaban J connectivity index is 1.50. The van der Waals surface area contributed by atoms with E-state index in [-0.39, 0.29) is 11.6 Å². The van der Waals surface area contributed by atoms with Crippen LogP contribution in [-0.4, -0.2) is 38.5 Å². The minimum atomic E-state index is -0.153. The summed E-state index contributed by atoms with van der Waals surface area (Å²) in [6.45, 7) is 6.08. The molecule has 1 atom stereocenters. The maximum atomic E-state index is 14.1. The van der Waals surface area contributed by atoms with Gasteiger partial charge in [-0.25, -0.2) is 9.67 Å². The fourth-order valence-electron chi connectivity index (χ4n) is 5.74. The molecule has 0 spiro atoms. The van der Waals surface area contributed by atoms with E-state index in [1.165, 1.54) is 16.7 Å². The molecule has 2 aromatic carbocycles. The second-order valence-electron chi connectivity index (χ2n) is 10.2. The molecule has 3 heterocycles. The Labute approximate surface area is 222 Å². The lowest BCUT2D eigenvalue weighted by Crippen LogP contribution is -2.44. The van der Waals surface area contributed by atoms with Crippen LogP contribution < -0.4 is 16.2 Å². The van der Waals surface area contributed by atoms with Crippen LogP contribution in [0.15, 0.2) is 53.3 Å². The molecule has 1 unspecified atom stereocenters. The summed E-state index contributed by atoms with van der Waals surface area (Å²) < 4.78 is 3.56. The van der Waals surface area contributed by atoms with Gasteiger partial charge in [0, 0.05) is 19.1 Å². The van der Waals surface area contributed by atoms with Crippen molar-refractivity contribution in [2.24, 2.45) is 5.73 Å². The van der Waals surface area contributed by atoms with Gasteiger partial charge in [-0.1, -0.05) is 54.5 Å². The van der Waals surface area contributed by atoms with Gasteiger partial charge in [0.25, 0.3) is 5.56 Å². The van der Waals surface area contributed by atoms with E-state index >= 15 is 0 Å². The zero-order valence-electron chi connectivity index (χ0n) is 21.9. The van der Waals surface area contributed by atoms with E-state index in [4.69, 9.17) is 15.8 Å². The van der Waals surface area contributed by atoms with Gasteiger partial charge in [-0.3, -0.25) is 9.36 Å². The first-order valence-corrected chi connectivity index (χ1v) is 13.3. The van der Waals surface area contributed by atoms with Crippen molar-refractivity contribution in [2.75, 3.05) is 18.0 Å². The number of rotatable bonds is 4. The summed E-state index contributed by atoms with van der Waals surface area (Å²) in [6.07, 6.45) is 5.06. The SMILES string of the molecule is CC#CCn1c(N2CCCC(N)C2)nc2c(C)nn(CC3=Cc4ccccc4Cc4ccccc43)c(=O)c21. The second-order valence-corrected chi connectivity index (χ2v) is 10.2. The summed E-state index contributed by atoms with van der Waals surface area (Å²) in [5, 5.41) is 4.76. The number of anilines is 1. The summed E-state index contributed by atoms with van der Waals surface area (Å²) in [6, 6.07) is 17.0. The standard InChI is InChI=1S/C31H32N6O/c1-3-4-16-36-29-28(33-31(36)35-15-9-13-26(32)20-35)21(2)34-37(30(29)38)19-25-18-23-11-6-5-10-22(23)17-24-12-7-8-14-27(24)25/h5-8,10-12,14,18,26H,9,13,15-17,19-20,32H2,1-2H3. The quantitative estimate of drug-likeness (QED) is 0.425. The molecule has 2 aromatic heterocycles. The van der Waals surface area contributed by atoms with Crippen LogP contribution in [0.4, 0.5) is 5.95 Å². The van der Waals surface area contributed by atoms with Crippen LogP contribution >= 0.6 is 0 Å². The maximum absolute atomic E-state index is 14.1. The van der Waals surface area contributed by atoms with E-state index in [1.54, 1.807) is 4.68 Å². The summed E-state index contributed by atoms with van der Waals surface area (Å²) >= 11 is 0. The summed E-state index contributed by atoms with van der Waals surface area (Å²) in [7, 11) is 0. The number of piperidine rings is 1. The molecular formula is C31H32N6O. The predicted octanol–water partition coefficient (Wildman–Crippen LogP) is 4.00. The Morgan fingerprint density at radius 3 is 2.71 bits per heavy atom. The van der Waals surface area contributed by atoms with Crippen molar-refractivity contribution in [3.05, 3.63) is 86.8 Å². The van der Waals surface area contributed by atoms with Gasteiger partial charge in [0.2, 0.25) is 5.95 Å². The minimum absolute atomic E-state index is 0.0928. The normalized spacial score (nSPS) is 16.8. The van der Waals surface area contributed by atoms with Crippen molar-refractivity contribution in [3.8, 4) is 11.8 Å². The minimum Gasteiger partial charge on any atom is -0.341 e. The van der Waals surface area contributed by atoms with Crippen molar-refractivity contribution in [1.82, 2.24) is 19.3 Å². The molecule has 1 fully saturated rings. The maximum Gasteiger partial charge on any atom is 0.293 e. The highest BCUT2D eigenvalue weighted by Crippen LogP contribution is 2.31. The molecule has 1 aliphatic heterocycles. The molecule has 1 aliphatic carbocycles. The zero-order valence-corrected chi connectivity index (χ0v) is 21.9. The Morgan fingerprint density at radius 1 is 1.11 bits per heavy atom. The summed E-state index contributed by atoms with van der Waals surface area (Å²) in [5.41, 5.74) is 14.0. The van der Waals surface area contributed by atoms with E-state index < -0.39 is 0 Å². The molecule has 0 bridgehead atoms. The van der Waals surface area contributed by atoms with E-state index in [9.17, 15) is 4.79 Å². The number of fused-ring (bicyclic) bond motifs is 3. The Morgan fingerprint density at radius 2 is 1.89 bits per heavy atom. The van der Waals surface area contributed by atoms with Crippen LogP contribution in [0.1, 0.15) is 47.7 Å². The Hall–Kier alpha value is -4.15. The van der Waals surface area contributed by atoms with Gasteiger partial charge in [0.15, 0.2) is 0 Å². The van der Waals surface area contributed by atoms with Crippen molar-refractivity contribution in [2.45, 2.75) is 52.2 Å². The lowest BCUT2D eigenvalue weighted by Gasteiger charge is -2.31. The molecule has 38 heavy (non-hydrogen) atoms. The van der Waals surface area contributed by atoms with Crippen molar-refractivity contribution >= 4 is 28.6 Å². The van der Waals surface area contributed by atoms with Gasteiger partial charge in [-0.05, 0) is 67.0 Å². The molecule has 4 aromatic rings. The molecule has 0 amide bonds. The molecular weight excluding hydrogens is 472 g/mol. The smallest absolute Gasteiger partial charge is 0.293 e. The molecule has 7 nitrogen and oxygen atoms in total. The highest BCUT2D eigenvalue weighted by molar-refractivity contribution is 5.86. The molecule has 192 valence electrons. The number of hydrogen-bond acceptors (Lipinski definition) is 5. The van der Waals surface area contributed by atoms with Gasteiger partial charge < -0.3 is 10.6 Å². The monoisotopic (exact) mass is 504 g/mol. The first-order chi connectivity index (χ1) is 18.5. The number of hydrogen-bond donors (Lipinski definition) is 1. The number of aromatic nitrogens is 4. The molecule has 7 heteroatoms. The largest absolute Gasteiger partial charge is 0.341 e. The molecule has 0 saturated carbocycles. The van der Waals surface area contributed by atoms with Gasteiger partial charge in [0.05, 0.1) is 18.8 Å². The zero-order chi connectivity index (χ0) is 26.2. The highest BCUT2D eigenvalue weighted by Gasteiger charge is 2.26. The number of nitrogens with two attached hydrogens (primary N) is 1. The van der Waals surface area contributed by atoms with Crippen LogP contribution in [0.3, 0.4) is 0 Å².